The monoisotopic (exact) mass is 495 g/mol. The number of nitrogens with zero attached hydrogens (tertiary/aromatic N) is 3. The number of rotatable bonds is 10. The lowest BCUT2D eigenvalue weighted by Crippen LogP contribution is -2.45. The number of imide groups is 1. The number of carbonyl (C=O) groups is 3. The highest BCUT2D eigenvalue weighted by Crippen LogP contribution is 2.40. The van der Waals surface area contributed by atoms with Crippen molar-refractivity contribution < 1.29 is 29.0 Å². The first-order chi connectivity index (χ1) is 17.2. The van der Waals surface area contributed by atoms with E-state index < -0.39 is 24.5 Å². The number of hydrogen-bond acceptors (Lipinski definition) is 5. The summed E-state index contributed by atoms with van der Waals surface area (Å²) in [4.78, 5) is 41.5. The molecule has 9 nitrogen and oxygen atoms in total. The van der Waals surface area contributed by atoms with Crippen LogP contribution in [0.1, 0.15) is 42.2 Å². The molecule has 0 bridgehead atoms. The van der Waals surface area contributed by atoms with E-state index in [-0.39, 0.29) is 5.69 Å². The van der Waals surface area contributed by atoms with Crippen molar-refractivity contribution >= 4 is 34.5 Å². The number of fused-ring (bicyclic) bond motifs is 1. The van der Waals surface area contributed by atoms with Gasteiger partial charge in [-0.25, -0.2) is 4.79 Å². The van der Waals surface area contributed by atoms with Gasteiger partial charge in [-0.05, 0) is 43.2 Å². The summed E-state index contributed by atoms with van der Waals surface area (Å²) < 4.78 is 12.6. The fraction of sp³-hybridized carbons (Fsp3) is 0.370. The lowest BCUT2D eigenvalue weighted by Gasteiger charge is -2.30. The first-order valence-electron chi connectivity index (χ1n) is 11.9. The number of aromatic nitrogens is 1. The van der Waals surface area contributed by atoms with Crippen LogP contribution in [-0.2, 0) is 11.3 Å². The Morgan fingerprint density at radius 3 is 2.22 bits per heavy atom. The molecule has 9 heteroatoms. The number of carbonyl (C=O) groups excluding carboxylic acids is 2. The number of aliphatic carboxylic acids is 1. The lowest BCUT2D eigenvalue weighted by molar-refractivity contribution is -0.137. The number of aryl methyl sites for hydroxylation is 1. The van der Waals surface area contributed by atoms with E-state index in [0.29, 0.717) is 41.1 Å². The molecule has 0 aliphatic heterocycles. The van der Waals surface area contributed by atoms with Gasteiger partial charge in [0.1, 0.15) is 29.4 Å². The Morgan fingerprint density at radius 2 is 1.64 bits per heavy atom. The van der Waals surface area contributed by atoms with Crippen LogP contribution < -0.4 is 14.4 Å². The molecule has 0 aliphatic rings. The molecule has 1 heterocycles. The first kappa shape index (κ1) is 26.6. The predicted molar refractivity (Wildman–Crippen MR) is 138 cm³/mol. The molecule has 36 heavy (non-hydrogen) atoms. The minimum Gasteiger partial charge on any atom is -0.494 e. The first-order valence-corrected chi connectivity index (χ1v) is 11.9. The van der Waals surface area contributed by atoms with Crippen molar-refractivity contribution in [2.24, 2.45) is 0 Å². The number of carboxylic acids is 1. The summed E-state index contributed by atoms with van der Waals surface area (Å²) in [5, 5.41) is 10.2. The maximum atomic E-state index is 13.8. The molecule has 3 rings (SSSR count). The van der Waals surface area contributed by atoms with Gasteiger partial charge in [0.15, 0.2) is 0 Å². The summed E-state index contributed by atoms with van der Waals surface area (Å²) >= 11 is 0. The van der Waals surface area contributed by atoms with E-state index in [1.807, 2.05) is 25.1 Å². The minimum atomic E-state index is -1.09. The molecule has 0 atom stereocenters. The normalized spacial score (nSPS) is 10.8. The molecular weight excluding hydrogens is 462 g/mol. The molecule has 3 amide bonds. The van der Waals surface area contributed by atoms with Crippen LogP contribution in [-0.4, -0.2) is 60.3 Å². The summed E-state index contributed by atoms with van der Waals surface area (Å²) in [5.41, 5.74) is 2.06. The number of methoxy groups -OCH3 is 2. The standard InChI is InChI=1S/C27H33N3O6/c1-6-7-10-13-29(25-22(35-4)14-18(2)15-23(25)36-5)27(34)28(3)26(33)21-16-19-11-8-9-12-20(19)30(21)17-24(31)32/h8-9,11-12,14-16H,6-7,10,13,17H2,1-5H3,(H,31,32). The molecule has 2 aromatic carbocycles. The Morgan fingerprint density at radius 1 is 1.00 bits per heavy atom. The van der Waals surface area contributed by atoms with Crippen molar-refractivity contribution in [1.29, 1.82) is 0 Å². The van der Waals surface area contributed by atoms with Crippen LogP contribution in [0.3, 0.4) is 0 Å². The third-order valence-corrected chi connectivity index (χ3v) is 6.02. The van der Waals surface area contributed by atoms with E-state index in [9.17, 15) is 19.5 Å². The van der Waals surface area contributed by atoms with E-state index in [4.69, 9.17) is 9.47 Å². The van der Waals surface area contributed by atoms with Gasteiger partial charge in [0.05, 0.1) is 14.2 Å². The third-order valence-electron chi connectivity index (χ3n) is 6.02. The van der Waals surface area contributed by atoms with E-state index in [0.717, 1.165) is 23.3 Å². The number of urea groups is 1. The Labute approximate surface area is 210 Å². The van der Waals surface area contributed by atoms with Crippen LogP contribution in [0.25, 0.3) is 10.9 Å². The summed E-state index contributed by atoms with van der Waals surface area (Å²) in [6, 6.07) is 11.8. The van der Waals surface area contributed by atoms with Gasteiger partial charge in [-0.15, -0.1) is 0 Å². The molecule has 0 radical (unpaired) electrons. The second-order valence-corrected chi connectivity index (χ2v) is 8.59. The quantitative estimate of drug-likeness (QED) is 0.400. The SMILES string of the molecule is CCCCCN(C(=O)N(C)C(=O)c1cc2ccccc2n1CC(=O)O)c1c(OC)cc(C)cc1OC. The summed E-state index contributed by atoms with van der Waals surface area (Å²) in [5.74, 6) is -0.784. The second-order valence-electron chi connectivity index (χ2n) is 8.59. The molecular formula is C27H33N3O6. The van der Waals surface area contributed by atoms with E-state index >= 15 is 0 Å². The zero-order chi connectivity index (χ0) is 26.4. The smallest absolute Gasteiger partial charge is 0.331 e. The highest BCUT2D eigenvalue weighted by atomic mass is 16.5. The molecule has 1 aromatic heterocycles. The van der Waals surface area contributed by atoms with Crippen LogP contribution in [0.5, 0.6) is 11.5 Å². The summed E-state index contributed by atoms with van der Waals surface area (Å²) in [6.07, 6.45) is 2.56. The van der Waals surface area contributed by atoms with E-state index in [1.54, 1.807) is 24.3 Å². The Hall–Kier alpha value is -4.01. The number of anilines is 1. The average Bonchev–Trinajstić information content (AvgIpc) is 3.22. The lowest BCUT2D eigenvalue weighted by atomic mass is 10.1. The number of benzene rings is 2. The molecule has 0 aliphatic carbocycles. The molecule has 0 saturated heterocycles. The number of hydrogen-bond donors (Lipinski definition) is 1. The third kappa shape index (κ3) is 5.45. The Balaban J connectivity index is 2.06. The number of para-hydroxylation sites is 1. The van der Waals surface area contributed by atoms with Crippen molar-refractivity contribution in [3.63, 3.8) is 0 Å². The number of amides is 3. The van der Waals surface area contributed by atoms with Crippen molar-refractivity contribution in [3.8, 4) is 11.5 Å². The maximum Gasteiger partial charge on any atom is 0.331 e. The van der Waals surface area contributed by atoms with Gasteiger partial charge in [0, 0.05) is 24.5 Å². The van der Waals surface area contributed by atoms with Crippen molar-refractivity contribution in [1.82, 2.24) is 9.47 Å². The van der Waals surface area contributed by atoms with E-state index in [1.165, 1.54) is 30.7 Å². The largest absolute Gasteiger partial charge is 0.494 e. The van der Waals surface area contributed by atoms with Crippen molar-refractivity contribution in [3.05, 3.63) is 53.7 Å². The fourth-order valence-corrected chi connectivity index (χ4v) is 4.25. The summed E-state index contributed by atoms with van der Waals surface area (Å²) in [6.45, 7) is 3.90. The van der Waals surface area contributed by atoms with Crippen molar-refractivity contribution in [2.75, 3.05) is 32.7 Å². The zero-order valence-electron chi connectivity index (χ0n) is 21.4. The van der Waals surface area contributed by atoms with Crippen LogP contribution in [0.15, 0.2) is 42.5 Å². The summed E-state index contributed by atoms with van der Waals surface area (Å²) in [7, 11) is 4.44. The second kappa shape index (κ2) is 11.6. The molecule has 3 aromatic rings. The van der Waals surface area contributed by atoms with Gasteiger partial charge < -0.3 is 19.1 Å². The molecule has 192 valence electrons. The minimum absolute atomic E-state index is 0.116. The van der Waals surface area contributed by atoms with Gasteiger partial charge in [-0.2, -0.15) is 0 Å². The Kier molecular flexibility index (Phi) is 8.58. The van der Waals surface area contributed by atoms with Gasteiger partial charge in [-0.1, -0.05) is 38.0 Å². The number of unbranched alkanes of at least 4 members (excludes halogenated alkanes) is 2. The van der Waals surface area contributed by atoms with Crippen LogP contribution in [0, 0.1) is 6.92 Å². The highest BCUT2D eigenvalue weighted by molar-refractivity contribution is 6.10. The molecule has 0 fully saturated rings. The molecule has 0 spiro atoms. The van der Waals surface area contributed by atoms with Gasteiger partial charge in [0.2, 0.25) is 0 Å². The zero-order valence-corrected chi connectivity index (χ0v) is 21.4. The van der Waals surface area contributed by atoms with Crippen LogP contribution >= 0.6 is 0 Å². The van der Waals surface area contributed by atoms with Gasteiger partial charge >= 0.3 is 12.0 Å². The Bertz CT molecular complexity index is 1240. The van der Waals surface area contributed by atoms with Gasteiger partial charge in [-0.3, -0.25) is 19.4 Å². The van der Waals surface area contributed by atoms with Crippen LogP contribution in [0.4, 0.5) is 10.5 Å². The average molecular weight is 496 g/mol. The molecule has 1 N–H and O–H groups in total. The molecule has 0 saturated carbocycles. The van der Waals surface area contributed by atoms with Gasteiger partial charge in [0.25, 0.3) is 5.91 Å². The number of ether oxygens (including phenoxy) is 2. The van der Waals surface area contributed by atoms with E-state index in [2.05, 4.69) is 6.92 Å². The van der Waals surface area contributed by atoms with Crippen LogP contribution in [0.2, 0.25) is 0 Å². The molecule has 0 unspecified atom stereocenters. The number of carboxylic acid groups (broad SMARTS) is 1. The fourth-order valence-electron chi connectivity index (χ4n) is 4.25. The highest BCUT2D eigenvalue weighted by Gasteiger charge is 2.31. The van der Waals surface area contributed by atoms with Crippen molar-refractivity contribution in [2.45, 2.75) is 39.7 Å². The topological polar surface area (TPSA) is 101 Å². The maximum absolute atomic E-state index is 13.8. The predicted octanol–water partition coefficient (Wildman–Crippen LogP) is 4.94.